The third-order valence-corrected chi connectivity index (χ3v) is 3.42. The molecule has 3 N–H and O–H groups in total. The molecule has 0 atom stereocenters. The van der Waals surface area contributed by atoms with E-state index >= 15 is 0 Å². The average Bonchev–Trinajstić information content (AvgIpc) is 2.54. The van der Waals surface area contributed by atoms with Gasteiger partial charge in [-0.1, -0.05) is 17.7 Å². The molecule has 126 valence electrons. The van der Waals surface area contributed by atoms with Crippen molar-refractivity contribution < 1.29 is 13.9 Å². The molecule has 0 aliphatic heterocycles. The minimum Gasteiger partial charge on any atom is -0.493 e. The maximum Gasteiger partial charge on any atom is 0.184 e. The van der Waals surface area contributed by atoms with Crippen molar-refractivity contribution in [2.75, 3.05) is 7.11 Å². The van der Waals surface area contributed by atoms with E-state index in [-0.39, 0.29) is 11.7 Å². The standard InChI is InChI=1S/C16H15ClFN3O2S/c1-22-15-6-10(8-20-21-16(19)24)2-5-14(15)23-9-11-3-4-12(18)7-13(11)17/h2-8H,9H2,1H3,(H3,19,21,24). The molecular formula is C16H15ClFN3O2S. The number of nitrogens with two attached hydrogens (primary N) is 1. The third-order valence-electron chi connectivity index (χ3n) is 2.97. The molecule has 0 saturated heterocycles. The van der Waals surface area contributed by atoms with Gasteiger partial charge in [-0.15, -0.1) is 0 Å². The molecule has 8 heteroatoms. The Labute approximate surface area is 149 Å². The molecule has 24 heavy (non-hydrogen) atoms. The van der Waals surface area contributed by atoms with Crippen LogP contribution < -0.4 is 20.6 Å². The van der Waals surface area contributed by atoms with Gasteiger partial charge in [-0.3, -0.25) is 5.43 Å². The number of halogens is 2. The lowest BCUT2D eigenvalue weighted by Gasteiger charge is -2.12. The fourth-order valence-electron chi connectivity index (χ4n) is 1.85. The normalized spacial score (nSPS) is 10.6. The molecule has 0 aromatic heterocycles. The number of methoxy groups -OCH3 is 1. The molecule has 0 unspecified atom stereocenters. The quantitative estimate of drug-likeness (QED) is 0.466. The summed E-state index contributed by atoms with van der Waals surface area (Å²) in [5, 5.41) is 4.25. The highest BCUT2D eigenvalue weighted by molar-refractivity contribution is 7.80. The summed E-state index contributed by atoms with van der Waals surface area (Å²) >= 11 is 10.6. The third kappa shape index (κ3) is 5.07. The minimum absolute atomic E-state index is 0.0781. The molecule has 0 bridgehead atoms. The Morgan fingerprint density at radius 1 is 1.33 bits per heavy atom. The fourth-order valence-corrected chi connectivity index (χ4v) is 2.12. The van der Waals surface area contributed by atoms with Crippen molar-refractivity contribution in [2.45, 2.75) is 6.61 Å². The highest BCUT2D eigenvalue weighted by atomic mass is 35.5. The van der Waals surface area contributed by atoms with E-state index in [1.807, 2.05) is 0 Å². The van der Waals surface area contributed by atoms with E-state index in [0.717, 1.165) is 5.56 Å². The number of nitrogens with zero attached hydrogens (tertiary/aromatic N) is 1. The van der Waals surface area contributed by atoms with Crippen LogP contribution in [0.5, 0.6) is 11.5 Å². The van der Waals surface area contributed by atoms with Crippen LogP contribution in [0.3, 0.4) is 0 Å². The van der Waals surface area contributed by atoms with Crippen molar-refractivity contribution in [1.82, 2.24) is 5.43 Å². The van der Waals surface area contributed by atoms with Crippen LogP contribution in [-0.4, -0.2) is 18.4 Å². The molecule has 0 aliphatic rings. The Bertz CT molecular complexity index is 771. The largest absolute Gasteiger partial charge is 0.493 e. The number of benzene rings is 2. The Kier molecular flexibility index (Phi) is 6.34. The van der Waals surface area contributed by atoms with Gasteiger partial charge < -0.3 is 15.2 Å². The van der Waals surface area contributed by atoms with E-state index in [1.165, 1.54) is 19.2 Å². The summed E-state index contributed by atoms with van der Waals surface area (Å²) in [4.78, 5) is 0. The Balaban J connectivity index is 2.09. The molecule has 5 nitrogen and oxygen atoms in total. The van der Waals surface area contributed by atoms with Gasteiger partial charge in [0.1, 0.15) is 12.4 Å². The van der Waals surface area contributed by atoms with Gasteiger partial charge in [0.2, 0.25) is 0 Å². The predicted molar refractivity (Wildman–Crippen MR) is 96.3 cm³/mol. The van der Waals surface area contributed by atoms with Gasteiger partial charge in [0, 0.05) is 5.56 Å². The molecule has 0 aliphatic carbocycles. The smallest absolute Gasteiger partial charge is 0.184 e. The monoisotopic (exact) mass is 367 g/mol. The minimum atomic E-state index is -0.393. The van der Waals surface area contributed by atoms with Crippen LogP contribution in [0.4, 0.5) is 4.39 Å². The Hall–Kier alpha value is -2.38. The molecule has 2 aromatic carbocycles. The van der Waals surface area contributed by atoms with E-state index in [9.17, 15) is 4.39 Å². The zero-order valence-corrected chi connectivity index (χ0v) is 14.3. The second-order valence-corrected chi connectivity index (χ2v) is 5.52. The van der Waals surface area contributed by atoms with E-state index in [2.05, 4.69) is 22.7 Å². The van der Waals surface area contributed by atoms with Crippen LogP contribution in [0, 0.1) is 5.82 Å². The van der Waals surface area contributed by atoms with Gasteiger partial charge >= 0.3 is 0 Å². The van der Waals surface area contributed by atoms with Gasteiger partial charge in [-0.05, 0) is 48.1 Å². The number of hydrogen-bond donors (Lipinski definition) is 2. The van der Waals surface area contributed by atoms with Crippen molar-refractivity contribution in [3.05, 3.63) is 58.4 Å². The molecule has 0 amide bonds. The predicted octanol–water partition coefficient (Wildman–Crippen LogP) is 3.23. The number of hydrazone groups is 1. The number of hydrogen-bond acceptors (Lipinski definition) is 4. The number of rotatable bonds is 6. The van der Waals surface area contributed by atoms with E-state index in [1.54, 1.807) is 30.5 Å². The summed E-state index contributed by atoms with van der Waals surface area (Å²) in [5.41, 5.74) is 9.18. The van der Waals surface area contributed by atoms with Gasteiger partial charge in [0.05, 0.1) is 18.3 Å². The van der Waals surface area contributed by atoms with Crippen LogP contribution >= 0.6 is 23.8 Å². The lowest BCUT2D eigenvalue weighted by Crippen LogP contribution is -2.23. The molecule has 0 fully saturated rings. The molecule has 2 aromatic rings. The Morgan fingerprint density at radius 2 is 2.12 bits per heavy atom. The highest BCUT2D eigenvalue weighted by Crippen LogP contribution is 2.29. The lowest BCUT2D eigenvalue weighted by molar-refractivity contribution is 0.284. The number of ether oxygens (including phenoxy) is 2. The number of nitrogens with one attached hydrogen (secondary N) is 1. The second kappa shape index (κ2) is 8.47. The van der Waals surface area contributed by atoms with E-state index < -0.39 is 5.82 Å². The first-order chi connectivity index (χ1) is 11.5. The fraction of sp³-hybridized carbons (Fsp3) is 0.125. The summed E-state index contributed by atoms with van der Waals surface area (Å²) in [6.07, 6.45) is 1.54. The summed E-state index contributed by atoms with van der Waals surface area (Å²) in [5.74, 6) is 0.653. The van der Waals surface area contributed by atoms with Crippen molar-refractivity contribution in [3.63, 3.8) is 0 Å². The van der Waals surface area contributed by atoms with Gasteiger partial charge in [-0.2, -0.15) is 5.10 Å². The van der Waals surface area contributed by atoms with Crippen LogP contribution in [0.2, 0.25) is 5.02 Å². The zero-order valence-electron chi connectivity index (χ0n) is 12.8. The molecule has 0 radical (unpaired) electrons. The summed E-state index contributed by atoms with van der Waals surface area (Å²) in [7, 11) is 1.53. The zero-order chi connectivity index (χ0) is 17.5. The van der Waals surface area contributed by atoms with Crippen molar-refractivity contribution in [3.8, 4) is 11.5 Å². The summed E-state index contributed by atoms with van der Waals surface area (Å²) in [6.45, 7) is 0.186. The Morgan fingerprint density at radius 3 is 2.79 bits per heavy atom. The van der Waals surface area contributed by atoms with Gasteiger partial charge in [0.15, 0.2) is 16.6 Å². The average molecular weight is 368 g/mol. The molecule has 0 saturated carbocycles. The van der Waals surface area contributed by atoms with Crippen LogP contribution in [-0.2, 0) is 6.61 Å². The second-order valence-electron chi connectivity index (χ2n) is 4.67. The maximum absolute atomic E-state index is 13.0. The first-order valence-electron chi connectivity index (χ1n) is 6.83. The van der Waals surface area contributed by atoms with Crippen molar-refractivity contribution in [1.29, 1.82) is 0 Å². The molecule has 0 heterocycles. The summed E-state index contributed by atoms with van der Waals surface area (Å²) < 4.78 is 24.0. The van der Waals surface area contributed by atoms with Gasteiger partial charge in [-0.25, -0.2) is 4.39 Å². The summed E-state index contributed by atoms with van der Waals surface area (Å²) in [6, 6.07) is 9.41. The highest BCUT2D eigenvalue weighted by Gasteiger charge is 2.08. The van der Waals surface area contributed by atoms with E-state index in [0.29, 0.717) is 22.1 Å². The first-order valence-corrected chi connectivity index (χ1v) is 7.61. The van der Waals surface area contributed by atoms with Crippen LogP contribution in [0.15, 0.2) is 41.5 Å². The van der Waals surface area contributed by atoms with Crippen molar-refractivity contribution in [2.24, 2.45) is 10.8 Å². The topological polar surface area (TPSA) is 68.9 Å². The number of thiocarbonyl (C=S) groups is 1. The van der Waals surface area contributed by atoms with E-state index in [4.69, 9.17) is 26.8 Å². The van der Waals surface area contributed by atoms with Gasteiger partial charge in [0.25, 0.3) is 0 Å². The van der Waals surface area contributed by atoms with Crippen LogP contribution in [0.1, 0.15) is 11.1 Å². The SMILES string of the molecule is COc1cc(C=NNC(N)=S)ccc1OCc1ccc(F)cc1Cl. The van der Waals surface area contributed by atoms with Crippen molar-refractivity contribution >= 4 is 35.1 Å². The molecule has 0 spiro atoms. The first kappa shape index (κ1) is 18.0. The molecular weight excluding hydrogens is 353 g/mol. The maximum atomic E-state index is 13.0. The lowest BCUT2D eigenvalue weighted by atomic mass is 10.2. The van der Waals surface area contributed by atoms with Crippen LogP contribution in [0.25, 0.3) is 0 Å². The molecule has 2 rings (SSSR count).